The maximum atomic E-state index is 12.9. The van der Waals surface area contributed by atoms with Crippen LogP contribution in [0.5, 0.6) is 0 Å². The minimum absolute atomic E-state index is 0.155. The first-order valence-electron chi connectivity index (χ1n) is 6.91. The number of benzene rings is 2. The van der Waals surface area contributed by atoms with E-state index in [1.807, 2.05) is 25.1 Å². The summed E-state index contributed by atoms with van der Waals surface area (Å²) in [6.45, 7) is 4.24. The van der Waals surface area contributed by atoms with Crippen LogP contribution in [0, 0.1) is 0 Å². The molecule has 1 aliphatic rings. The Balaban J connectivity index is 2.16. The molecule has 0 bridgehead atoms. The van der Waals surface area contributed by atoms with E-state index in [0.29, 0.717) is 20.5 Å². The first-order chi connectivity index (χ1) is 10.5. The van der Waals surface area contributed by atoms with E-state index in [4.69, 9.17) is 11.6 Å². The van der Waals surface area contributed by atoms with Crippen LogP contribution in [-0.2, 0) is 15.6 Å². The van der Waals surface area contributed by atoms with Gasteiger partial charge in [-0.05, 0) is 43.3 Å². The standard InChI is InChI=1S/C16H15ClN2O2S/c1-3-19-13-6-4-11(17)8-15(13)22(21)16-9-12(18-10(2)20)5-7-14(16)19/h4-9H,3H2,1-2H3,(H,18,20). The molecule has 0 aliphatic carbocycles. The molecule has 0 saturated heterocycles. The number of amides is 1. The molecule has 2 aromatic rings. The third kappa shape index (κ3) is 2.51. The highest BCUT2D eigenvalue weighted by Crippen LogP contribution is 2.43. The Hall–Kier alpha value is -1.85. The third-order valence-corrected chi connectivity index (χ3v) is 5.19. The summed E-state index contributed by atoms with van der Waals surface area (Å²) in [5.74, 6) is -0.155. The second-order valence-corrected chi connectivity index (χ2v) is 6.84. The van der Waals surface area contributed by atoms with Gasteiger partial charge in [0.1, 0.15) is 0 Å². The average Bonchev–Trinajstić information content (AvgIpc) is 2.48. The molecule has 0 fully saturated rings. The van der Waals surface area contributed by atoms with Gasteiger partial charge in [0.25, 0.3) is 0 Å². The van der Waals surface area contributed by atoms with Crippen LogP contribution in [-0.4, -0.2) is 16.7 Å². The van der Waals surface area contributed by atoms with Crippen molar-refractivity contribution >= 4 is 45.4 Å². The summed E-state index contributed by atoms with van der Waals surface area (Å²) in [5, 5.41) is 3.29. The minimum atomic E-state index is -1.33. The molecular weight excluding hydrogens is 320 g/mol. The Morgan fingerprint density at radius 1 is 1.18 bits per heavy atom. The molecule has 1 amide bonds. The number of anilines is 3. The molecule has 114 valence electrons. The number of rotatable bonds is 2. The van der Waals surface area contributed by atoms with Crippen molar-refractivity contribution in [2.75, 3.05) is 16.8 Å². The molecule has 0 saturated carbocycles. The number of fused-ring (bicyclic) bond motifs is 2. The van der Waals surface area contributed by atoms with Gasteiger partial charge in [0.05, 0.1) is 32.0 Å². The molecule has 1 aliphatic heterocycles. The topological polar surface area (TPSA) is 49.4 Å². The van der Waals surface area contributed by atoms with Gasteiger partial charge >= 0.3 is 0 Å². The SMILES string of the molecule is CCN1c2ccc(Cl)cc2S(=O)c2cc(NC(C)=O)ccc21. The fraction of sp³-hybridized carbons (Fsp3) is 0.188. The second kappa shape index (κ2) is 5.74. The number of nitrogens with zero attached hydrogens (tertiary/aromatic N) is 1. The molecule has 3 rings (SSSR count). The fourth-order valence-corrected chi connectivity index (χ4v) is 4.29. The highest BCUT2D eigenvalue weighted by molar-refractivity contribution is 7.85. The molecule has 0 aromatic heterocycles. The van der Waals surface area contributed by atoms with Gasteiger partial charge in [-0.1, -0.05) is 11.6 Å². The Labute approximate surface area is 136 Å². The quantitative estimate of drug-likeness (QED) is 0.905. The monoisotopic (exact) mass is 334 g/mol. The van der Waals surface area contributed by atoms with Gasteiger partial charge in [0.2, 0.25) is 5.91 Å². The van der Waals surface area contributed by atoms with E-state index in [9.17, 15) is 9.00 Å². The van der Waals surface area contributed by atoms with Crippen molar-refractivity contribution in [3.63, 3.8) is 0 Å². The van der Waals surface area contributed by atoms with Crippen LogP contribution in [0.3, 0.4) is 0 Å². The highest BCUT2D eigenvalue weighted by Gasteiger charge is 2.27. The van der Waals surface area contributed by atoms with Gasteiger partial charge in [-0.25, -0.2) is 4.21 Å². The summed E-state index contributed by atoms with van der Waals surface area (Å²) in [4.78, 5) is 14.7. The third-order valence-electron chi connectivity index (χ3n) is 3.50. The average molecular weight is 335 g/mol. The first kappa shape index (κ1) is 15.1. The van der Waals surface area contributed by atoms with E-state index in [-0.39, 0.29) is 5.91 Å². The number of hydrogen-bond donors (Lipinski definition) is 1. The van der Waals surface area contributed by atoms with Gasteiger partial charge in [0.15, 0.2) is 0 Å². The predicted octanol–water partition coefficient (Wildman–Crippen LogP) is 3.94. The molecule has 0 spiro atoms. The van der Waals surface area contributed by atoms with Gasteiger partial charge in [-0.15, -0.1) is 0 Å². The Bertz CT molecular complexity index is 792. The van der Waals surface area contributed by atoms with Crippen molar-refractivity contribution in [1.29, 1.82) is 0 Å². The molecule has 1 unspecified atom stereocenters. The predicted molar refractivity (Wildman–Crippen MR) is 89.6 cm³/mol. The van der Waals surface area contributed by atoms with Crippen molar-refractivity contribution in [3.05, 3.63) is 41.4 Å². The largest absolute Gasteiger partial charge is 0.340 e. The first-order valence-corrected chi connectivity index (χ1v) is 8.44. The normalized spacial score (nSPS) is 16.0. The van der Waals surface area contributed by atoms with Crippen molar-refractivity contribution in [3.8, 4) is 0 Å². The zero-order chi connectivity index (χ0) is 15.9. The summed E-state index contributed by atoms with van der Waals surface area (Å²) in [6.07, 6.45) is 0. The lowest BCUT2D eigenvalue weighted by Crippen LogP contribution is -2.23. The summed E-state index contributed by atoms with van der Waals surface area (Å²) in [6, 6.07) is 10.9. The number of carbonyl (C=O) groups excluding carboxylic acids is 1. The number of nitrogens with one attached hydrogen (secondary N) is 1. The zero-order valence-electron chi connectivity index (χ0n) is 12.2. The summed E-state index contributed by atoms with van der Waals surface area (Å²) in [7, 11) is -1.33. The second-order valence-electron chi connectivity index (χ2n) is 4.99. The molecule has 1 atom stereocenters. The van der Waals surface area contributed by atoms with E-state index >= 15 is 0 Å². The lowest BCUT2D eigenvalue weighted by Gasteiger charge is -2.32. The summed E-state index contributed by atoms with van der Waals surface area (Å²) in [5.41, 5.74) is 2.44. The van der Waals surface area contributed by atoms with E-state index < -0.39 is 10.8 Å². The lowest BCUT2D eigenvalue weighted by molar-refractivity contribution is -0.114. The molecular formula is C16H15ClN2O2S. The van der Waals surface area contributed by atoms with Gasteiger partial charge in [-0.3, -0.25) is 4.79 Å². The number of carbonyl (C=O) groups is 1. The van der Waals surface area contributed by atoms with E-state index in [1.54, 1.807) is 18.2 Å². The van der Waals surface area contributed by atoms with Gasteiger partial charge in [0, 0.05) is 24.2 Å². The molecule has 6 heteroatoms. The number of hydrogen-bond acceptors (Lipinski definition) is 3. The molecule has 1 heterocycles. The van der Waals surface area contributed by atoms with Crippen molar-refractivity contribution < 1.29 is 9.00 Å². The van der Waals surface area contributed by atoms with E-state index in [2.05, 4.69) is 10.2 Å². The zero-order valence-corrected chi connectivity index (χ0v) is 13.8. The van der Waals surface area contributed by atoms with E-state index in [1.165, 1.54) is 6.92 Å². The van der Waals surface area contributed by atoms with Crippen LogP contribution < -0.4 is 10.2 Å². The van der Waals surface area contributed by atoms with Crippen LogP contribution in [0.1, 0.15) is 13.8 Å². The van der Waals surface area contributed by atoms with Crippen LogP contribution in [0.2, 0.25) is 5.02 Å². The van der Waals surface area contributed by atoms with Gasteiger partial charge < -0.3 is 10.2 Å². The fourth-order valence-electron chi connectivity index (χ4n) is 2.61. The molecule has 4 nitrogen and oxygen atoms in total. The maximum absolute atomic E-state index is 12.9. The summed E-state index contributed by atoms with van der Waals surface area (Å²) >= 11 is 6.05. The van der Waals surface area contributed by atoms with Crippen LogP contribution in [0.15, 0.2) is 46.2 Å². The van der Waals surface area contributed by atoms with Crippen molar-refractivity contribution in [1.82, 2.24) is 0 Å². The molecule has 1 N–H and O–H groups in total. The highest BCUT2D eigenvalue weighted by atomic mass is 35.5. The van der Waals surface area contributed by atoms with Crippen molar-refractivity contribution in [2.45, 2.75) is 23.6 Å². The lowest BCUT2D eigenvalue weighted by atomic mass is 10.2. The Morgan fingerprint density at radius 2 is 1.82 bits per heavy atom. The van der Waals surface area contributed by atoms with Crippen LogP contribution >= 0.6 is 11.6 Å². The number of halogens is 1. The maximum Gasteiger partial charge on any atom is 0.221 e. The van der Waals surface area contributed by atoms with E-state index in [0.717, 1.165) is 17.9 Å². The molecule has 0 radical (unpaired) electrons. The van der Waals surface area contributed by atoms with Crippen molar-refractivity contribution in [2.24, 2.45) is 0 Å². The summed E-state index contributed by atoms with van der Waals surface area (Å²) < 4.78 is 12.9. The van der Waals surface area contributed by atoms with Gasteiger partial charge in [-0.2, -0.15) is 0 Å². The molecule has 22 heavy (non-hydrogen) atoms. The minimum Gasteiger partial charge on any atom is -0.340 e. The Kier molecular flexibility index (Phi) is 3.93. The van der Waals surface area contributed by atoms with Crippen LogP contribution in [0.4, 0.5) is 17.1 Å². The van der Waals surface area contributed by atoms with Crippen LogP contribution in [0.25, 0.3) is 0 Å². The Morgan fingerprint density at radius 3 is 2.45 bits per heavy atom. The molecule has 2 aromatic carbocycles. The smallest absolute Gasteiger partial charge is 0.221 e.